The Labute approximate surface area is 79.1 Å². The van der Waals surface area contributed by atoms with Crippen molar-refractivity contribution in [1.82, 2.24) is 5.32 Å². The Kier molecular flexibility index (Phi) is 2.63. The largest absolute Gasteiger partial charge is 0.514 e. The molecule has 2 N–H and O–H groups in total. The molecule has 0 aromatic carbocycles. The summed E-state index contributed by atoms with van der Waals surface area (Å²) < 4.78 is 0.181. The zero-order chi connectivity index (χ0) is 10.1. The van der Waals surface area contributed by atoms with Crippen LogP contribution < -0.4 is 5.32 Å². The molecule has 1 aliphatic heterocycles. The second kappa shape index (κ2) is 3.27. The molecule has 0 saturated carbocycles. The Morgan fingerprint density at radius 3 is 2.00 bits per heavy atom. The van der Waals surface area contributed by atoms with E-state index in [0.29, 0.717) is 13.1 Å². The fraction of sp³-hybridized carbons (Fsp3) is 0.889. The monoisotopic (exact) mass is 187 g/mol. The molecule has 76 valence electrons. The summed E-state index contributed by atoms with van der Waals surface area (Å²) in [6, 6.07) is 0. The van der Waals surface area contributed by atoms with Gasteiger partial charge in [-0.05, 0) is 20.8 Å². The van der Waals surface area contributed by atoms with E-state index in [4.69, 9.17) is 0 Å². The van der Waals surface area contributed by atoms with Gasteiger partial charge in [0.1, 0.15) is 18.6 Å². The summed E-state index contributed by atoms with van der Waals surface area (Å²) in [5.41, 5.74) is -0.214. The van der Waals surface area contributed by atoms with Gasteiger partial charge in [0.15, 0.2) is 0 Å². The average Bonchev–Trinajstić information content (AvgIpc) is 2.03. The summed E-state index contributed by atoms with van der Waals surface area (Å²) in [6.07, 6.45) is -0.700. The quantitative estimate of drug-likeness (QED) is 0.553. The smallest absolute Gasteiger partial charge is 0.435 e. The molecule has 4 heteroatoms. The fourth-order valence-electron chi connectivity index (χ4n) is 1.93. The predicted molar refractivity (Wildman–Crippen MR) is 50.6 cm³/mol. The highest BCUT2D eigenvalue weighted by Crippen LogP contribution is 2.25. The van der Waals surface area contributed by atoms with Gasteiger partial charge in [-0.25, -0.2) is 4.48 Å². The van der Waals surface area contributed by atoms with Crippen molar-refractivity contribution in [2.24, 2.45) is 0 Å². The highest BCUT2D eigenvalue weighted by molar-refractivity contribution is 5.57. The van der Waals surface area contributed by atoms with Crippen LogP contribution in [-0.2, 0) is 0 Å². The molecule has 0 unspecified atom stereocenters. The number of carbonyl (C=O) groups is 1. The van der Waals surface area contributed by atoms with Crippen LogP contribution in [0.15, 0.2) is 0 Å². The van der Waals surface area contributed by atoms with E-state index in [2.05, 4.69) is 5.32 Å². The number of quaternary nitrogens is 1. The summed E-state index contributed by atoms with van der Waals surface area (Å²) in [7, 11) is 0. The van der Waals surface area contributed by atoms with Crippen LogP contribution in [0.3, 0.4) is 0 Å². The Hall–Kier alpha value is -0.610. The van der Waals surface area contributed by atoms with Gasteiger partial charge in [0, 0.05) is 13.1 Å². The molecule has 0 spiro atoms. The summed E-state index contributed by atoms with van der Waals surface area (Å²) in [5.74, 6) is 0. The SMILES string of the molecule is CC(C)(C)[N+]1(C(=O)O)CCNCC1. The van der Waals surface area contributed by atoms with Crippen LogP contribution in [-0.4, -0.2) is 47.4 Å². The number of hydrogen-bond acceptors (Lipinski definition) is 2. The number of carboxylic acid groups (broad SMARTS) is 1. The third-order valence-electron chi connectivity index (χ3n) is 2.99. The molecule has 0 bridgehead atoms. The molecule has 0 aromatic rings. The van der Waals surface area contributed by atoms with Crippen LogP contribution in [0.5, 0.6) is 0 Å². The van der Waals surface area contributed by atoms with Gasteiger partial charge in [-0.2, -0.15) is 4.79 Å². The lowest BCUT2D eigenvalue weighted by Crippen LogP contribution is -2.69. The number of rotatable bonds is 0. The maximum atomic E-state index is 11.3. The molecular formula is C9H19N2O2+. The topological polar surface area (TPSA) is 49.3 Å². The summed E-state index contributed by atoms with van der Waals surface area (Å²) in [6.45, 7) is 8.93. The summed E-state index contributed by atoms with van der Waals surface area (Å²) in [4.78, 5) is 11.3. The number of nitrogens with one attached hydrogen (secondary N) is 1. The number of piperazine rings is 1. The van der Waals surface area contributed by atoms with E-state index in [1.165, 1.54) is 0 Å². The molecule has 1 aliphatic rings. The van der Waals surface area contributed by atoms with Crippen LogP contribution in [0.25, 0.3) is 0 Å². The van der Waals surface area contributed by atoms with E-state index < -0.39 is 6.09 Å². The molecule has 1 saturated heterocycles. The van der Waals surface area contributed by atoms with Gasteiger partial charge in [-0.15, -0.1) is 0 Å². The normalized spacial score (nSPS) is 22.7. The van der Waals surface area contributed by atoms with Crippen molar-refractivity contribution in [3.63, 3.8) is 0 Å². The minimum absolute atomic E-state index is 0.181. The van der Waals surface area contributed by atoms with E-state index in [1.807, 2.05) is 20.8 Å². The first-order valence-electron chi connectivity index (χ1n) is 4.71. The van der Waals surface area contributed by atoms with Crippen molar-refractivity contribution < 1.29 is 14.4 Å². The van der Waals surface area contributed by atoms with Crippen LogP contribution in [0.4, 0.5) is 4.79 Å². The Balaban J connectivity index is 2.93. The molecule has 0 aromatic heterocycles. The van der Waals surface area contributed by atoms with Crippen molar-refractivity contribution >= 4 is 6.09 Å². The van der Waals surface area contributed by atoms with Crippen molar-refractivity contribution in [2.75, 3.05) is 26.2 Å². The molecule has 1 amide bonds. The first kappa shape index (κ1) is 10.5. The zero-order valence-electron chi connectivity index (χ0n) is 8.63. The van der Waals surface area contributed by atoms with Crippen LogP contribution >= 0.6 is 0 Å². The van der Waals surface area contributed by atoms with Gasteiger partial charge < -0.3 is 10.4 Å². The van der Waals surface area contributed by atoms with Gasteiger partial charge in [0.2, 0.25) is 0 Å². The highest BCUT2D eigenvalue weighted by Gasteiger charge is 2.48. The van der Waals surface area contributed by atoms with Crippen LogP contribution in [0.2, 0.25) is 0 Å². The molecular weight excluding hydrogens is 168 g/mol. The minimum atomic E-state index is -0.700. The lowest BCUT2D eigenvalue weighted by atomic mass is 10.0. The van der Waals surface area contributed by atoms with Crippen molar-refractivity contribution in [2.45, 2.75) is 26.3 Å². The van der Waals surface area contributed by atoms with Gasteiger partial charge in [-0.3, -0.25) is 0 Å². The molecule has 1 fully saturated rings. The van der Waals surface area contributed by atoms with Gasteiger partial charge in [0.25, 0.3) is 0 Å². The predicted octanol–water partition coefficient (Wildman–Crippen LogP) is 0.883. The Morgan fingerprint density at radius 2 is 1.77 bits per heavy atom. The number of nitrogens with zero attached hydrogens (tertiary/aromatic N) is 1. The standard InChI is InChI=1S/C9H18N2O2/c1-9(2,3)11(8(12)13)6-4-10-5-7-11/h10H,4-7H2,1-3H3/p+1. The Bertz CT molecular complexity index is 202. The first-order chi connectivity index (χ1) is 5.90. The lowest BCUT2D eigenvalue weighted by molar-refractivity contribution is -0.905. The summed E-state index contributed by atoms with van der Waals surface area (Å²) >= 11 is 0. The van der Waals surface area contributed by atoms with Gasteiger partial charge in [-0.1, -0.05) is 0 Å². The fourth-order valence-corrected chi connectivity index (χ4v) is 1.93. The molecule has 1 heterocycles. The highest BCUT2D eigenvalue weighted by atomic mass is 16.4. The molecule has 0 atom stereocenters. The minimum Gasteiger partial charge on any atom is -0.435 e. The average molecular weight is 187 g/mol. The first-order valence-corrected chi connectivity index (χ1v) is 4.71. The van der Waals surface area contributed by atoms with E-state index in [0.717, 1.165) is 13.1 Å². The molecule has 1 rings (SSSR count). The van der Waals surface area contributed by atoms with Crippen molar-refractivity contribution in [3.8, 4) is 0 Å². The summed E-state index contributed by atoms with van der Waals surface area (Å²) in [5, 5.41) is 12.5. The van der Waals surface area contributed by atoms with E-state index in [-0.39, 0.29) is 10.0 Å². The lowest BCUT2D eigenvalue weighted by Gasteiger charge is -2.45. The van der Waals surface area contributed by atoms with E-state index >= 15 is 0 Å². The molecule has 13 heavy (non-hydrogen) atoms. The maximum Gasteiger partial charge on any atom is 0.514 e. The molecule has 0 aliphatic carbocycles. The van der Waals surface area contributed by atoms with Crippen LogP contribution in [0.1, 0.15) is 20.8 Å². The van der Waals surface area contributed by atoms with Crippen molar-refractivity contribution in [3.05, 3.63) is 0 Å². The third kappa shape index (κ3) is 1.69. The molecule has 4 nitrogen and oxygen atoms in total. The van der Waals surface area contributed by atoms with Crippen molar-refractivity contribution in [1.29, 1.82) is 0 Å². The second-order valence-electron chi connectivity index (χ2n) is 4.62. The van der Waals surface area contributed by atoms with Gasteiger partial charge >= 0.3 is 6.09 Å². The second-order valence-corrected chi connectivity index (χ2v) is 4.62. The number of hydrogen-bond donors (Lipinski definition) is 2. The maximum absolute atomic E-state index is 11.3. The van der Waals surface area contributed by atoms with E-state index in [9.17, 15) is 9.90 Å². The van der Waals surface area contributed by atoms with Gasteiger partial charge in [0.05, 0.1) is 0 Å². The van der Waals surface area contributed by atoms with Crippen LogP contribution in [0, 0.1) is 0 Å². The third-order valence-corrected chi connectivity index (χ3v) is 2.99. The zero-order valence-corrected chi connectivity index (χ0v) is 8.63. The number of amides is 1. The van der Waals surface area contributed by atoms with E-state index in [1.54, 1.807) is 0 Å². The Morgan fingerprint density at radius 1 is 1.31 bits per heavy atom. The molecule has 0 radical (unpaired) electrons.